The van der Waals surface area contributed by atoms with Gasteiger partial charge in [-0.3, -0.25) is 14.4 Å². The summed E-state index contributed by atoms with van der Waals surface area (Å²) in [5.74, 6) is -1.37. The number of benzene rings is 4. The SMILES string of the molecule is O=C(Nc1ccc(SC(C(=O)Nc2ccccc2C(F)(F)F)c2ccccc2)cc1)/C(=C/c1ccco1)NC(=O)c1ccccc1. The first-order valence-corrected chi connectivity index (χ1v) is 14.8. The third-order valence-corrected chi connectivity index (χ3v) is 7.82. The number of para-hydroxylation sites is 1. The Bertz CT molecular complexity index is 1830. The molecule has 5 aromatic rings. The van der Waals surface area contributed by atoms with Gasteiger partial charge in [0.1, 0.15) is 16.7 Å². The number of anilines is 2. The highest BCUT2D eigenvalue weighted by Gasteiger charge is 2.34. The summed E-state index contributed by atoms with van der Waals surface area (Å²) in [6.07, 6.45) is -1.80. The van der Waals surface area contributed by atoms with E-state index in [0.717, 1.165) is 17.8 Å². The molecule has 5 rings (SSSR count). The molecule has 46 heavy (non-hydrogen) atoms. The van der Waals surface area contributed by atoms with Gasteiger partial charge >= 0.3 is 6.18 Å². The lowest BCUT2D eigenvalue weighted by molar-refractivity contribution is -0.137. The van der Waals surface area contributed by atoms with Crippen LogP contribution in [0.5, 0.6) is 0 Å². The van der Waals surface area contributed by atoms with Gasteiger partial charge < -0.3 is 20.4 Å². The average Bonchev–Trinajstić information content (AvgIpc) is 3.58. The molecule has 4 aromatic carbocycles. The van der Waals surface area contributed by atoms with Gasteiger partial charge in [-0.1, -0.05) is 60.7 Å². The molecule has 0 fully saturated rings. The largest absolute Gasteiger partial charge is 0.465 e. The number of amides is 3. The van der Waals surface area contributed by atoms with Crippen molar-refractivity contribution in [3.63, 3.8) is 0 Å². The number of thioether (sulfide) groups is 1. The minimum absolute atomic E-state index is 0.0535. The summed E-state index contributed by atoms with van der Waals surface area (Å²) in [6, 6.07) is 31.8. The molecule has 0 radical (unpaired) electrons. The molecule has 1 heterocycles. The molecule has 1 aromatic heterocycles. The predicted octanol–water partition coefficient (Wildman–Crippen LogP) is 8.18. The molecular weight excluding hydrogens is 615 g/mol. The van der Waals surface area contributed by atoms with E-state index in [-0.39, 0.29) is 11.4 Å². The van der Waals surface area contributed by atoms with Gasteiger partial charge in [-0.05, 0) is 66.2 Å². The number of carbonyl (C=O) groups is 3. The van der Waals surface area contributed by atoms with Crippen LogP contribution in [-0.2, 0) is 15.8 Å². The zero-order chi connectivity index (χ0) is 32.5. The third kappa shape index (κ3) is 8.33. The van der Waals surface area contributed by atoms with Gasteiger partial charge in [-0.2, -0.15) is 13.2 Å². The van der Waals surface area contributed by atoms with Crippen LogP contribution < -0.4 is 16.0 Å². The van der Waals surface area contributed by atoms with Gasteiger partial charge in [0.25, 0.3) is 11.8 Å². The minimum Gasteiger partial charge on any atom is -0.465 e. The molecule has 0 saturated heterocycles. The summed E-state index contributed by atoms with van der Waals surface area (Å²) in [5, 5.41) is 6.92. The number of alkyl halides is 3. The smallest absolute Gasteiger partial charge is 0.418 e. The highest BCUT2D eigenvalue weighted by molar-refractivity contribution is 8.00. The van der Waals surface area contributed by atoms with E-state index < -0.39 is 34.7 Å². The van der Waals surface area contributed by atoms with Gasteiger partial charge in [-0.25, -0.2) is 0 Å². The molecule has 1 atom stereocenters. The number of halogens is 3. The molecule has 0 spiro atoms. The second kappa shape index (κ2) is 14.5. The highest BCUT2D eigenvalue weighted by Crippen LogP contribution is 2.39. The van der Waals surface area contributed by atoms with E-state index in [9.17, 15) is 27.6 Å². The van der Waals surface area contributed by atoms with Gasteiger partial charge in [0.2, 0.25) is 5.91 Å². The van der Waals surface area contributed by atoms with E-state index >= 15 is 0 Å². The second-order valence-corrected chi connectivity index (χ2v) is 11.0. The molecule has 0 bridgehead atoms. The van der Waals surface area contributed by atoms with Crippen molar-refractivity contribution in [2.75, 3.05) is 10.6 Å². The number of hydrogen-bond acceptors (Lipinski definition) is 5. The second-order valence-electron chi connectivity index (χ2n) is 9.81. The fourth-order valence-electron chi connectivity index (χ4n) is 4.35. The van der Waals surface area contributed by atoms with Crippen molar-refractivity contribution in [1.29, 1.82) is 0 Å². The van der Waals surface area contributed by atoms with Crippen LogP contribution in [0.4, 0.5) is 24.5 Å². The maximum atomic E-state index is 13.6. The Balaban J connectivity index is 1.32. The fourth-order valence-corrected chi connectivity index (χ4v) is 5.37. The molecule has 0 aliphatic heterocycles. The van der Waals surface area contributed by atoms with Crippen molar-refractivity contribution >= 4 is 46.9 Å². The Kier molecular flexibility index (Phi) is 10.0. The van der Waals surface area contributed by atoms with E-state index in [1.165, 1.54) is 30.5 Å². The van der Waals surface area contributed by atoms with E-state index in [4.69, 9.17) is 4.42 Å². The number of nitrogens with one attached hydrogen (secondary N) is 3. The lowest BCUT2D eigenvalue weighted by atomic mass is 10.1. The summed E-state index contributed by atoms with van der Waals surface area (Å²) in [4.78, 5) is 40.1. The fraction of sp³-hybridized carbons (Fsp3) is 0.0571. The Morgan fingerprint density at radius 3 is 2.04 bits per heavy atom. The van der Waals surface area contributed by atoms with E-state index in [1.54, 1.807) is 97.1 Å². The summed E-state index contributed by atoms with van der Waals surface area (Å²) in [5.41, 5.74) is 0.0170. The summed E-state index contributed by atoms with van der Waals surface area (Å²) in [6.45, 7) is 0. The summed E-state index contributed by atoms with van der Waals surface area (Å²) < 4.78 is 46.0. The lowest BCUT2D eigenvalue weighted by Crippen LogP contribution is -2.30. The zero-order valence-corrected chi connectivity index (χ0v) is 24.8. The standard InChI is InChI=1S/C35H26F3N3O4S/c36-35(37,38)28-15-7-8-16-29(28)40-34(44)31(23-10-3-1-4-11-23)46-27-19-17-25(18-20-27)39-33(43)30(22-26-14-9-21-45-26)41-32(42)24-12-5-2-6-13-24/h1-22,31H,(H,39,43)(H,40,44)(H,41,42)/b30-22-. The van der Waals surface area contributed by atoms with Crippen LogP contribution in [0, 0.1) is 0 Å². The van der Waals surface area contributed by atoms with E-state index in [2.05, 4.69) is 16.0 Å². The quantitative estimate of drug-likeness (QED) is 0.106. The van der Waals surface area contributed by atoms with Gasteiger partial charge in [0, 0.05) is 22.2 Å². The summed E-state index contributed by atoms with van der Waals surface area (Å²) in [7, 11) is 0. The number of rotatable bonds is 10. The number of carbonyl (C=O) groups excluding carboxylic acids is 3. The van der Waals surface area contributed by atoms with Crippen molar-refractivity contribution in [3.05, 3.63) is 156 Å². The van der Waals surface area contributed by atoms with E-state index in [1.807, 2.05) is 0 Å². The van der Waals surface area contributed by atoms with Crippen LogP contribution >= 0.6 is 11.8 Å². The van der Waals surface area contributed by atoms with Crippen molar-refractivity contribution in [3.8, 4) is 0 Å². The van der Waals surface area contributed by atoms with Crippen LogP contribution in [0.15, 0.2) is 143 Å². The topological polar surface area (TPSA) is 100 Å². The van der Waals surface area contributed by atoms with Crippen molar-refractivity contribution in [1.82, 2.24) is 5.32 Å². The number of furan rings is 1. The van der Waals surface area contributed by atoms with Crippen molar-refractivity contribution < 1.29 is 32.0 Å². The first-order valence-electron chi connectivity index (χ1n) is 13.9. The van der Waals surface area contributed by atoms with Gasteiger partial charge in [0.05, 0.1) is 17.5 Å². The normalized spacial score (nSPS) is 12.2. The van der Waals surface area contributed by atoms with Gasteiger partial charge in [-0.15, -0.1) is 11.8 Å². The van der Waals surface area contributed by atoms with Crippen LogP contribution in [0.25, 0.3) is 6.08 Å². The molecule has 3 amide bonds. The molecule has 0 saturated carbocycles. The molecule has 1 unspecified atom stereocenters. The Morgan fingerprint density at radius 1 is 0.739 bits per heavy atom. The molecule has 11 heteroatoms. The number of hydrogen-bond donors (Lipinski definition) is 3. The maximum Gasteiger partial charge on any atom is 0.418 e. The Morgan fingerprint density at radius 2 is 1.39 bits per heavy atom. The zero-order valence-electron chi connectivity index (χ0n) is 24.0. The molecule has 3 N–H and O–H groups in total. The summed E-state index contributed by atoms with van der Waals surface area (Å²) >= 11 is 1.14. The molecular formula is C35H26F3N3O4S. The minimum atomic E-state index is -4.64. The maximum absolute atomic E-state index is 13.6. The van der Waals surface area contributed by atoms with Crippen LogP contribution in [0.2, 0.25) is 0 Å². The monoisotopic (exact) mass is 641 g/mol. The highest BCUT2D eigenvalue weighted by atomic mass is 32.2. The van der Waals surface area contributed by atoms with Crippen LogP contribution in [0.1, 0.15) is 32.5 Å². The molecule has 0 aliphatic rings. The van der Waals surface area contributed by atoms with Crippen LogP contribution in [-0.4, -0.2) is 17.7 Å². The molecule has 7 nitrogen and oxygen atoms in total. The van der Waals surface area contributed by atoms with Crippen molar-refractivity contribution in [2.45, 2.75) is 16.3 Å². The average molecular weight is 642 g/mol. The Hall–Kier alpha value is -5.55. The Labute approximate surface area is 266 Å². The van der Waals surface area contributed by atoms with Crippen molar-refractivity contribution in [2.24, 2.45) is 0 Å². The van der Waals surface area contributed by atoms with Crippen LogP contribution in [0.3, 0.4) is 0 Å². The molecule has 232 valence electrons. The predicted molar refractivity (Wildman–Crippen MR) is 171 cm³/mol. The third-order valence-electron chi connectivity index (χ3n) is 6.56. The van der Waals surface area contributed by atoms with E-state index in [0.29, 0.717) is 27.5 Å². The van der Waals surface area contributed by atoms with Gasteiger partial charge in [0.15, 0.2) is 0 Å². The lowest BCUT2D eigenvalue weighted by Gasteiger charge is -2.19. The first kappa shape index (κ1) is 31.9. The first-order chi connectivity index (χ1) is 22.2. The molecule has 0 aliphatic carbocycles.